The van der Waals surface area contributed by atoms with Crippen LogP contribution in [-0.4, -0.2) is 58.9 Å². The van der Waals surface area contributed by atoms with Gasteiger partial charge >= 0.3 is 0 Å². The zero-order chi connectivity index (χ0) is 35.1. The number of rotatable bonds is 21. The monoisotopic (exact) mass is 698 g/mol. The van der Waals surface area contributed by atoms with E-state index < -0.39 is 0 Å². The lowest BCUT2D eigenvalue weighted by Crippen LogP contribution is -2.25. The Balaban J connectivity index is 1.50. The lowest BCUT2D eigenvalue weighted by Gasteiger charge is -2.18. The van der Waals surface area contributed by atoms with E-state index in [1.54, 1.807) is 6.20 Å². The van der Waals surface area contributed by atoms with Crippen molar-refractivity contribution in [3.8, 4) is 34.4 Å². The number of aromatic nitrogens is 3. The van der Waals surface area contributed by atoms with E-state index >= 15 is 0 Å². The molecule has 0 saturated carbocycles. The minimum absolute atomic E-state index is 0.362. The molecule has 0 fully saturated rings. The predicted molar refractivity (Wildman–Crippen MR) is 203 cm³/mol. The van der Waals surface area contributed by atoms with Crippen LogP contribution in [0.5, 0.6) is 23.0 Å². The molecule has 0 unspecified atom stereocenters. The first-order chi connectivity index (χ1) is 24.5. The minimum Gasteiger partial charge on any atom is -0.493 e. The zero-order valence-electron chi connectivity index (χ0n) is 30.0. The summed E-state index contributed by atoms with van der Waals surface area (Å²) >= 11 is 6.08. The highest BCUT2D eigenvalue weighted by molar-refractivity contribution is 6.30. The summed E-state index contributed by atoms with van der Waals surface area (Å²) < 4.78 is 27.7. The van der Waals surface area contributed by atoms with Gasteiger partial charge in [-0.05, 0) is 68.2 Å². The van der Waals surface area contributed by atoms with Gasteiger partial charge in [0.25, 0.3) is 0 Å². The fourth-order valence-electron chi connectivity index (χ4n) is 5.82. The van der Waals surface area contributed by atoms with Crippen molar-refractivity contribution >= 4 is 22.6 Å². The maximum absolute atomic E-state index is 6.53. The summed E-state index contributed by atoms with van der Waals surface area (Å²) in [6.07, 6.45) is 8.24. The topological polar surface area (TPSA) is 70.9 Å². The molecule has 0 aliphatic rings. The van der Waals surface area contributed by atoms with Gasteiger partial charge < -0.3 is 28.4 Å². The zero-order valence-corrected chi connectivity index (χ0v) is 30.8. The van der Waals surface area contributed by atoms with E-state index in [1.807, 2.05) is 60.8 Å². The normalized spacial score (nSPS) is 11.3. The van der Waals surface area contributed by atoms with Crippen LogP contribution >= 0.6 is 11.6 Å². The third kappa shape index (κ3) is 10.1. The smallest absolute Gasteiger partial charge is 0.150 e. The van der Waals surface area contributed by atoms with E-state index in [9.17, 15) is 0 Å². The molecule has 2 heterocycles. The van der Waals surface area contributed by atoms with Crippen LogP contribution in [0, 0.1) is 0 Å². The van der Waals surface area contributed by atoms with Crippen molar-refractivity contribution in [2.75, 3.05) is 39.5 Å². The molecule has 0 aliphatic heterocycles. The summed E-state index contributed by atoms with van der Waals surface area (Å²) in [6.45, 7) is 14.7. The maximum atomic E-state index is 6.53. The number of unbranched alkanes of at least 4 members (excludes halogenated alkanes) is 1. The number of benzene rings is 3. The second kappa shape index (κ2) is 19.2. The van der Waals surface area contributed by atoms with Crippen LogP contribution < -0.4 is 18.9 Å². The van der Waals surface area contributed by atoms with Gasteiger partial charge in [0, 0.05) is 60.7 Å². The molecule has 0 saturated heterocycles. The van der Waals surface area contributed by atoms with Gasteiger partial charge in [0.1, 0.15) is 35.2 Å². The molecule has 50 heavy (non-hydrogen) atoms. The Morgan fingerprint density at radius 2 is 1.54 bits per heavy atom. The lowest BCUT2D eigenvalue weighted by molar-refractivity contribution is 0.248. The number of halogens is 1. The van der Waals surface area contributed by atoms with E-state index in [0.717, 1.165) is 114 Å². The van der Waals surface area contributed by atoms with Gasteiger partial charge in [-0.2, -0.15) is 0 Å². The Labute approximate surface area is 302 Å². The molecule has 5 rings (SSSR count). The fraction of sp³-hybridized carbons (Fsp3) is 0.415. The second-order valence-corrected chi connectivity index (χ2v) is 12.8. The summed E-state index contributed by atoms with van der Waals surface area (Å²) in [4.78, 5) is 11.9. The van der Waals surface area contributed by atoms with E-state index in [4.69, 9.17) is 35.5 Å². The van der Waals surface area contributed by atoms with Gasteiger partial charge in [0.15, 0.2) is 5.75 Å². The average Bonchev–Trinajstić information content (AvgIpc) is 3.51. The molecular formula is C41H51ClN4O4. The lowest BCUT2D eigenvalue weighted by atomic mass is 10.1. The average molecular weight is 699 g/mol. The first-order valence-corrected chi connectivity index (χ1v) is 18.5. The number of pyridine rings is 1. The number of hydrogen-bond donors (Lipinski definition) is 0. The standard InChI is InChI=1S/C41H51ClN4O4/c1-5-9-22-46-37-26-35(47-24-11-21-45(7-3)8-4)28-39(49-23-6-2)40(37)44-41(46)36-18-17-34(48-25-19-31-13-15-33(42)16-14-31)27-38(36)50-30-32-12-10-20-43-29-32/h10,12-18,20,26-29H,5-9,11,19,21-25,30H2,1-4H3. The van der Waals surface area contributed by atoms with E-state index in [1.165, 1.54) is 0 Å². The van der Waals surface area contributed by atoms with E-state index in [2.05, 4.69) is 54.3 Å². The number of nitrogens with zero attached hydrogens (tertiary/aromatic N) is 4. The number of aryl methyl sites for hydroxylation is 1. The molecule has 0 atom stereocenters. The number of ether oxygens (including phenoxy) is 4. The van der Waals surface area contributed by atoms with Crippen molar-refractivity contribution in [1.29, 1.82) is 0 Å². The first-order valence-electron chi connectivity index (χ1n) is 18.1. The van der Waals surface area contributed by atoms with Crippen LogP contribution in [0.25, 0.3) is 22.4 Å². The summed E-state index contributed by atoms with van der Waals surface area (Å²) in [6, 6.07) is 21.9. The molecule has 266 valence electrons. The molecule has 8 nitrogen and oxygen atoms in total. The minimum atomic E-state index is 0.362. The van der Waals surface area contributed by atoms with Crippen LogP contribution in [0.15, 0.2) is 79.1 Å². The molecule has 2 aromatic heterocycles. The third-order valence-electron chi connectivity index (χ3n) is 8.66. The van der Waals surface area contributed by atoms with Gasteiger partial charge in [0.2, 0.25) is 0 Å². The Bertz CT molecular complexity index is 1760. The molecule has 0 radical (unpaired) electrons. The van der Waals surface area contributed by atoms with Crippen molar-refractivity contribution in [3.05, 3.63) is 95.3 Å². The quantitative estimate of drug-likeness (QED) is 0.0707. The maximum Gasteiger partial charge on any atom is 0.150 e. The molecule has 0 N–H and O–H groups in total. The van der Waals surface area contributed by atoms with Crippen LogP contribution in [0.3, 0.4) is 0 Å². The van der Waals surface area contributed by atoms with E-state index in [-0.39, 0.29) is 0 Å². The molecule has 0 amide bonds. The van der Waals surface area contributed by atoms with Crippen LogP contribution in [-0.2, 0) is 19.6 Å². The highest BCUT2D eigenvalue weighted by atomic mass is 35.5. The SMILES string of the molecule is CCCCn1c(-c2ccc(OCCc3ccc(Cl)cc3)cc2OCc2cccnc2)nc2c(OCCC)cc(OCCCN(CC)CC)cc21. The number of hydrogen-bond acceptors (Lipinski definition) is 7. The van der Waals surface area contributed by atoms with Gasteiger partial charge in [-0.3, -0.25) is 4.98 Å². The van der Waals surface area contributed by atoms with Crippen molar-refractivity contribution in [1.82, 2.24) is 19.4 Å². The highest BCUT2D eigenvalue weighted by Gasteiger charge is 2.21. The Morgan fingerprint density at radius 1 is 0.740 bits per heavy atom. The molecular weight excluding hydrogens is 648 g/mol. The van der Waals surface area contributed by atoms with Crippen molar-refractivity contribution < 1.29 is 18.9 Å². The summed E-state index contributed by atoms with van der Waals surface area (Å²) in [5.74, 6) is 3.77. The largest absolute Gasteiger partial charge is 0.493 e. The summed E-state index contributed by atoms with van der Waals surface area (Å²) in [7, 11) is 0. The number of imidazole rings is 1. The van der Waals surface area contributed by atoms with Crippen molar-refractivity contribution in [2.45, 2.75) is 73.0 Å². The summed E-state index contributed by atoms with van der Waals surface area (Å²) in [5.41, 5.74) is 4.83. The van der Waals surface area contributed by atoms with Crippen molar-refractivity contribution in [2.24, 2.45) is 0 Å². The van der Waals surface area contributed by atoms with Crippen LogP contribution in [0.2, 0.25) is 5.02 Å². The van der Waals surface area contributed by atoms with Gasteiger partial charge in [-0.1, -0.05) is 63.9 Å². The molecule has 5 aromatic rings. The molecule has 9 heteroatoms. The number of fused-ring (bicyclic) bond motifs is 1. The van der Waals surface area contributed by atoms with Gasteiger partial charge in [-0.25, -0.2) is 4.98 Å². The fourth-order valence-corrected chi connectivity index (χ4v) is 5.94. The molecule has 0 spiro atoms. The Hall–Kier alpha value is -4.27. The third-order valence-corrected chi connectivity index (χ3v) is 8.91. The van der Waals surface area contributed by atoms with E-state index in [0.29, 0.717) is 32.2 Å². The summed E-state index contributed by atoms with van der Waals surface area (Å²) in [5, 5.41) is 0.726. The van der Waals surface area contributed by atoms with Gasteiger partial charge in [0.05, 0.1) is 30.9 Å². The molecule has 3 aromatic carbocycles. The molecule has 0 aliphatic carbocycles. The van der Waals surface area contributed by atoms with Crippen LogP contribution in [0.1, 0.15) is 64.5 Å². The van der Waals surface area contributed by atoms with Crippen LogP contribution in [0.4, 0.5) is 0 Å². The molecule has 0 bridgehead atoms. The second-order valence-electron chi connectivity index (χ2n) is 12.3. The van der Waals surface area contributed by atoms with Crippen molar-refractivity contribution in [3.63, 3.8) is 0 Å². The first kappa shape index (κ1) is 37.0. The predicted octanol–water partition coefficient (Wildman–Crippen LogP) is 9.65. The Morgan fingerprint density at radius 3 is 2.28 bits per heavy atom. The Kier molecular flexibility index (Phi) is 14.2. The highest BCUT2D eigenvalue weighted by Crippen LogP contribution is 2.39. The van der Waals surface area contributed by atoms with Gasteiger partial charge in [-0.15, -0.1) is 0 Å².